The Labute approximate surface area is 401 Å². The number of rotatable bonds is 17. The predicted molar refractivity (Wildman–Crippen MR) is 241 cm³/mol. The molecule has 0 radical (unpaired) electrons. The molecule has 3 aliphatic carbocycles. The molecule has 2 N–H and O–H groups in total. The largest absolute Gasteiger partial charge is 0.435 e. The molecule has 5 aromatic rings. The van der Waals surface area contributed by atoms with Crippen LogP contribution in [0.15, 0.2) is 48.2 Å². The van der Waals surface area contributed by atoms with Crippen molar-refractivity contribution in [3.05, 3.63) is 102 Å². The number of pyridine rings is 1. The lowest BCUT2D eigenvalue weighted by atomic mass is 9.90. The molecule has 0 unspecified atom stereocenters. The molecular weight excluding hydrogens is 1090 g/mol. The van der Waals surface area contributed by atoms with E-state index < -0.39 is 131 Å². The summed E-state index contributed by atoms with van der Waals surface area (Å²) in [5.74, 6) is -9.89. The van der Waals surface area contributed by atoms with Gasteiger partial charge in [-0.1, -0.05) is 17.7 Å². The van der Waals surface area contributed by atoms with E-state index in [1.807, 2.05) is 22.6 Å². The standard InChI is InChI=1S/C43H38ClF9IN7O5S2/c1-4-67(63,64)59-40-35-28(44)10-8-24(37(35)60(58-40)18-32(47)48)26-17-29(54)30(11-12-41(2,3)68(65,66)23-5-6-23)56-36(26)31(15-20-13-21(45)16-22(46)14-20)55-33(62)19-61-39-34(38(57-61)43(51,52)53)25-7-9-27(25)42(39,49)50/h8-10,13-14,16-17,23,27,31-32H,4-6,11-12,15,18-19H2,1-3H3,(H,55,62)(H,58,59)/t27-,31+/m1/s1. The molecule has 0 saturated heterocycles. The Kier molecular flexibility index (Phi) is 12.9. The molecule has 2 aromatic carbocycles. The molecule has 1 saturated carbocycles. The van der Waals surface area contributed by atoms with E-state index in [0.29, 0.717) is 22.5 Å². The monoisotopic (exact) mass is 1130 g/mol. The molecular formula is C43H38ClF9IN7O5S2. The van der Waals surface area contributed by atoms with Gasteiger partial charge in [0.15, 0.2) is 21.3 Å². The Morgan fingerprint density at radius 3 is 2.28 bits per heavy atom. The van der Waals surface area contributed by atoms with Crippen LogP contribution in [0.5, 0.6) is 0 Å². The van der Waals surface area contributed by atoms with Gasteiger partial charge in [-0.2, -0.15) is 32.1 Å². The highest BCUT2D eigenvalue weighted by Gasteiger charge is 2.60. The molecule has 68 heavy (non-hydrogen) atoms. The highest BCUT2D eigenvalue weighted by molar-refractivity contribution is 14.1. The smallest absolute Gasteiger partial charge is 0.346 e. The number of aromatic nitrogens is 5. The zero-order valence-electron chi connectivity index (χ0n) is 35.8. The van der Waals surface area contributed by atoms with Crippen molar-refractivity contribution in [3.63, 3.8) is 0 Å². The fourth-order valence-electron chi connectivity index (χ4n) is 8.48. The summed E-state index contributed by atoms with van der Waals surface area (Å²) in [7, 11) is -7.73. The number of carbonyl (C=O) groups is 1. The Hall–Kier alpha value is -4.65. The number of anilines is 1. The summed E-state index contributed by atoms with van der Waals surface area (Å²) >= 11 is 8.54. The minimum absolute atomic E-state index is 0.00313. The first-order valence-electron chi connectivity index (χ1n) is 20.8. The van der Waals surface area contributed by atoms with Crippen molar-refractivity contribution < 1.29 is 61.1 Å². The zero-order valence-corrected chi connectivity index (χ0v) is 40.3. The summed E-state index contributed by atoms with van der Waals surface area (Å²) in [5.41, 5.74) is -2.06. The average molecular weight is 1130 g/mol. The normalized spacial score (nSPS) is 17.3. The minimum Gasteiger partial charge on any atom is -0.346 e. The van der Waals surface area contributed by atoms with E-state index in [1.165, 1.54) is 25.1 Å². The average Bonchev–Trinajstić information content (AvgIpc) is 3.89. The zero-order chi connectivity index (χ0) is 49.6. The maximum atomic E-state index is 15.7. The van der Waals surface area contributed by atoms with E-state index in [2.05, 4.69) is 26.0 Å². The molecule has 8 rings (SSSR count). The minimum atomic E-state index is -5.23. The number of amides is 1. The molecule has 12 nitrogen and oxygen atoms in total. The number of carbonyl (C=O) groups excluding carboxylic acids is 1. The molecule has 0 aliphatic heterocycles. The molecule has 25 heteroatoms. The number of sulfonamides is 1. The number of sulfone groups is 1. The van der Waals surface area contributed by atoms with Crippen molar-refractivity contribution in [2.45, 2.75) is 101 Å². The van der Waals surface area contributed by atoms with Gasteiger partial charge in [0.05, 0.1) is 55.0 Å². The summed E-state index contributed by atoms with van der Waals surface area (Å²) in [6.45, 7) is 2.09. The summed E-state index contributed by atoms with van der Waals surface area (Å²) < 4.78 is 188. The summed E-state index contributed by atoms with van der Waals surface area (Å²) in [6.07, 6.45) is -6.97. The highest BCUT2D eigenvalue weighted by atomic mass is 127. The first-order chi connectivity index (χ1) is 31.6. The highest BCUT2D eigenvalue weighted by Crippen LogP contribution is 2.58. The van der Waals surface area contributed by atoms with Crippen molar-refractivity contribution in [1.29, 1.82) is 0 Å². The number of hydrogen-bond donors (Lipinski definition) is 2. The van der Waals surface area contributed by atoms with Crippen LogP contribution in [0.1, 0.15) is 80.0 Å². The molecule has 3 aliphatic rings. The van der Waals surface area contributed by atoms with Crippen molar-refractivity contribution in [3.8, 4) is 11.1 Å². The molecule has 2 atom stereocenters. The number of nitrogens with zero attached hydrogens (tertiary/aromatic N) is 5. The third-order valence-electron chi connectivity index (χ3n) is 12.1. The number of allylic oxidation sites excluding steroid dienone is 1. The quantitative estimate of drug-likeness (QED) is 0.0530. The fourth-order valence-corrected chi connectivity index (χ4v) is 12.0. The molecule has 1 fully saturated rings. The number of fused-ring (bicyclic) bond motifs is 4. The van der Waals surface area contributed by atoms with Crippen LogP contribution in [0, 0.1) is 21.1 Å². The van der Waals surface area contributed by atoms with E-state index in [9.17, 15) is 52.4 Å². The van der Waals surface area contributed by atoms with Crippen LogP contribution in [0.3, 0.4) is 0 Å². The van der Waals surface area contributed by atoms with Gasteiger partial charge >= 0.3 is 12.1 Å². The van der Waals surface area contributed by atoms with E-state index in [1.54, 1.807) is 13.8 Å². The van der Waals surface area contributed by atoms with Crippen molar-refractivity contribution in [2.24, 2.45) is 5.92 Å². The van der Waals surface area contributed by atoms with Gasteiger partial charge in [0.1, 0.15) is 30.4 Å². The van der Waals surface area contributed by atoms with Gasteiger partial charge in [0.2, 0.25) is 15.9 Å². The first-order valence-corrected chi connectivity index (χ1v) is 25.5. The Bertz CT molecular complexity index is 3180. The van der Waals surface area contributed by atoms with Gasteiger partial charge in [0, 0.05) is 31.9 Å². The van der Waals surface area contributed by atoms with E-state index in [-0.39, 0.29) is 61.5 Å². The maximum Gasteiger partial charge on any atom is 0.435 e. The van der Waals surface area contributed by atoms with Crippen LogP contribution in [-0.2, 0) is 62.7 Å². The Morgan fingerprint density at radius 1 is 1.01 bits per heavy atom. The van der Waals surface area contributed by atoms with Gasteiger partial charge in [-0.15, -0.1) is 5.73 Å². The lowest BCUT2D eigenvalue weighted by molar-refractivity contribution is -0.142. The number of benzene rings is 2. The van der Waals surface area contributed by atoms with Crippen LogP contribution in [0.2, 0.25) is 5.02 Å². The molecule has 3 heterocycles. The Balaban J connectivity index is 1.32. The molecule has 1 amide bonds. The number of alkyl halides is 7. The lowest BCUT2D eigenvalue weighted by Gasteiger charge is -2.26. The maximum absolute atomic E-state index is 15.7. The first kappa shape index (κ1) is 49.8. The van der Waals surface area contributed by atoms with Crippen LogP contribution in [-0.4, -0.2) is 69.5 Å². The summed E-state index contributed by atoms with van der Waals surface area (Å²) in [5, 5.41) is 9.33. The third-order valence-corrected chi connectivity index (χ3v) is 17.7. The van der Waals surface area contributed by atoms with Gasteiger partial charge in [-0.3, -0.25) is 23.9 Å². The number of nitrogens with one attached hydrogen (secondary N) is 2. The van der Waals surface area contributed by atoms with Gasteiger partial charge in [-0.25, -0.2) is 34.4 Å². The topological polar surface area (TPSA) is 158 Å². The number of hydrogen-bond acceptors (Lipinski definition) is 8. The van der Waals surface area contributed by atoms with Crippen molar-refractivity contribution in [1.82, 2.24) is 29.9 Å². The molecule has 0 bridgehead atoms. The summed E-state index contributed by atoms with van der Waals surface area (Å²) in [4.78, 5) is 19.2. The predicted octanol–water partition coefficient (Wildman–Crippen LogP) is 9.54. The number of aryl methyl sites for hydroxylation is 1. The van der Waals surface area contributed by atoms with E-state index in [0.717, 1.165) is 22.9 Å². The van der Waals surface area contributed by atoms with Gasteiger partial charge in [-0.05, 0) is 111 Å². The molecule has 364 valence electrons. The van der Waals surface area contributed by atoms with Gasteiger partial charge in [0.25, 0.3) is 6.43 Å². The van der Waals surface area contributed by atoms with Crippen LogP contribution in [0.4, 0.5) is 45.3 Å². The van der Waals surface area contributed by atoms with Gasteiger partial charge < -0.3 is 5.32 Å². The fraction of sp³-hybridized carbons (Fsp3) is 0.419. The number of halogens is 11. The second-order valence-electron chi connectivity index (χ2n) is 17.3. The van der Waals surface area contributed by atoms with Crippen molar-refractivity contribution >= 4 is 82.3 Å². The molecule has 0 spiro atoms. The van der Waals surface area contributed by atoms with Crippen molar-refractivity contribution in [2.75, 3.05) is 10.5 Å². The second kappa shape index (κ2) is 17.6. The van der Waals surface area contributed by atoms with Crippen LogP contribution >= 0.6 is 34.2 Å². The van der Waals surface area contributed by atoms with E-state index >= 15 is 8.78 Å². The Morgan fingerprint density at radius 2 is 1.69 bits per heavy atom. The van der Waals surface area contributed by atoms with E-state index in [4.69, 9.17) is 16.6 Å². The SMILES string of the molecule is CCS(=O)(=O)Nc1nn(CC(F)F)c2c(-c3cc(I)c(CCC(C)(C)S(=O)(=O)C4CC4)nc3[C@H](Cc3cc(F)cc(F)c3)NC(=O)Cn3nc(C(F)(F)F)c4c3C(F)(F)[C@@H]3C=C=C43)ccc(Cl)c12. The molecule has 3 aromatic heterocycles. The third kappa shape index (κ3) is 9.26. The lowest BCUT2D eigenvalue weighted by Crippen LogP contribution is -2.36. The van der Waals surface area contributed by atoms with Crippen LogP contribution in [0.25, 0.3) is 27.6 Å². The second-order valence-corrected chi connectivity index (χ2v) is 23.7. The summed E-state index contributed by atoms with van der Waals surface area (Å²) in [6, 6.07) is 4.97. The van der Waals surface area contributed by atoms with Crippen LogP contribution < -0.4 is 10.0 Å².